The van der Waals surface area contributed by atoms with Crippen molar-refractivity contribution >= 4 is 41.0 Å². The Hall–Kier alpha value is -1.76. The summed E-state index contributed by atoms with van der Waals surface area (Å²) in [4.78, 5) is 6.20. The molecule has 0 saturated heterocycles. The zero-order chi connectivity index (χ0) is 17.9. The Balaban J connectivity index is 2.31. The fraction of sp³-hybridized carbons (Fsp3) is 0.214. The molecule has 0 unspecified atom stereocenters. The highest BCUT2D eigenvalue weighted by atomic mass is 35.5. The standard InChI is InChI=1S/C14H10ClF3N4S2/c1-22(2)4-3-11-9(6-19)12(21-24-11)23-13-10(15)5-8(7-20-13)14(16,17)18/h3-5,7H,1-2H3/b4-3+. The average Bonchev–Trinajstić information content (AvgIpc) is 2.87. The Labute approximate surface area is 149 Å². The van der Waals surface area contributed by atoms with E-state index in [2.05, 4.69) is 9.36 Å². The highest BCUT2D eigenvalue weighted by Crippen LogP contribution is 2.38. The third-order valence-corrected chi connectivity index (χ3v) is 4.99. The number of halogens is 4. The monoisotopic (exact) mass is 390 g/mol. The molecule has 0 amide bonds. The lowest BCUT2D eigenvalue weighted by Crippen LogP contribution is -2.05. The fourth-order valence-electron chi connectivity index (χ4n) is 1.54. The van der Waals surface area contributed by atoms with E-state index in [4.69, 9.17) is 11.6 Å². The minimum Gasteiger partial charge on any atom is -0.383 e. The van der Waals surface area contributed by atoms with Gasteiger partial charge in [-0.3, -0.25) is 0 Å². The molecule has 0 fully saturated rings. The molecule has 10 heteroatoms. The van der Waals surface area contributed by atoms with Crippen LogP contribution in [0.5, 0.6) is 0 Å². The van der Waals surface area contributed by atoms with Crippen molar-refractivity contribution in [3.63, 3.8) is 0 Å². The summed E-state index contributed by atoms with van der Waals surface area (Å²) in [7, 11) is 3.68. The van der Waals surface area contributed by atoms with Gasteiger partial charge in [-0.1, -0.05) is 11.6 Å². The lowest BCUT2D eigenvalue weighted by Gasteiger charge is -2.08. The Kier molecular flexibility index (Phi) is 5.74. The van der Waals surface area contributed by atoms with Crippen molar-refractivity contribution < 1.29 is 13.2 Å². The molecule has 24 heavy (non-hydrogen) atoms. The summed E-state index contributed by atoms with van der Waals surface area (Å²) in [6, 6.07) is 2.86. The molecule has 0 aliphatic rings. The molecular weight excluding hydrogens is 381 g/mol. The van der Waals surface area contributed by atoms with Crippen molar-refractivity contribution in [2.45, 2.75) is 16.2 Å². The topological polar surface area (TPSA) is 52.8 Å². The normalized spacial score (nSPS) is 11.7. The van der Waals surface area contributed by atoms with Gasteiger partial charge < -0.3 is 4.90 Å². The van der Waals surface area contributed by atoms with E-state index in [0.717, 1.165) is 29.4 Å². The van der Waals surface area contributed by atoms with Gasteiger partial charge in [-0.2, -0.15) is 22.8 Å². The van der Waals surface area contributed by atoms with Crippen LogP contribution in [0, 0.1) is 11.3 Å². The molecule has 4 nitrogen and oxygen atoms in total. The Bertz CT molecular complexity index is 809. The summed E-state index contributed by atoms with van der Waals surface area (Å²) in [6.45, 7) is 0. The van der Waals surface area contributed by atoms with Gasteiger partial charge in [-0.15, -0.1) is 0 Å². The van der Waals surface area contributed by atoms with E-state index in [0.29, 0.717) is 21.7 Å². The Morgan fingerprint density at radius 3 is 2.62 bits per heavy atom. The van der Waals surface area contributed by atoms with Gasteiger partial charge in [0.15, 0.2) is 0 Å². The Morgan fingerprint density at radius 2 is 2.08 bits per heavy atom. The van der Waals surface area contributed by atoms with Gasteiger partial charge in [0.05, 0.1) is 15.5 Å². The number of hydrogen-bond donors (Lipinski definition) is 0. The van der Waals surface area contributed by atoms with Crippen LogP contribution in [0.25, 0.3) is 6.08 Å². The van der Waals surface area contributed by atoms with Crippen molar-refractivity contribution in [2.24, 2.45) is 0 Å². The van der Waals surface area contributed by atoms with Gasteiger partial charge in [-0.05, 0) is 35.4 Å². The number of aromatic nitrogens is 2. The first-order valence-electron chi connectivity index (χ1n) is 6.37. The lowest BCUT2D eigenvalue weighted by atomic mass is 10.3. The van der Waals surface area contributed by atoms with Crippen molar-refractivity contribution in [3.05, 3.63) is 39.5 Å². The van der Waals surface area contributed by atoms with Crippen LogP contribution in [0.1, 0.15) is 16.0 Å². The summed E-state index contributed by atoms with van der Waals surface area (Å²) in [5, 5.41) is 9.68. The minimum atomic E-state index is -4.51. The van der Waals surface area contributed by atoms with E-state index in [9.17, 15) is 18.4 Å². The van der Waals surface area contributed by atoms with Crippen LogP contribution in [0.3, 0.4) is 0 Å². The van der Waals surface area contributed by atoms with Crippen molar-refractivity contribution in [1.29, 1.82) is 5.26 Å². The second kappa shape index (κ2) is 7.42. The molecule has 0 atom stereocenters. The molecule has 0 N–H and O–H groups in total. The van der Waals surface area contributed by atoms with E-state index in [1.807, 2.05) is 25.1 Å². The zero-order valence-electron chi connectivity index (χ0n) is 12.4. The lowest BCUT2D eigenvalue weighted by molar-refractivity contribution is -0.137. The molecule has 2 heterocycles. The van der Waals surface area contributed by atoms with E-state index >= 15 is 0 Å². The minimum absolute atomic E-state index is 0.142. The van der Waals surface area contributed by atoms with E-state index in [-0.39, 0.29) is 10.0 Å². The van der Waals surface area contributed by atoms with Crippen LogP contribution in [0.4, 0.5) is 13.2 Å². The van der Waals surface area contributed by atoms with Gasteiger partial charge in [0.25, 0.3) is 0 Å². The third-order valence-electron chi connectivity index (χ3n) is 2.65. The van der Waals surface area contributed by atoms with Crippen LogP contribution in [-0.4, -0.2) is 28.4 Å². The van der Waals surface area contributed by atoms with Crippen LogP contribution in [0.2, 0.25) is 5.02 Å². The van der Waals surface area contributed by atoms with Gasteiger partial charge >= 0.3 is 6.18 Å². The molecule has 126 valence electrons. The number of nitrogens with zero attached hydrogens (tertiary/aromatic N) is 4. The van der Waals surface area contributed by atoms with Crippen molar-refractivity contribution in [1.82, 2.24) is 14.3 Å². The predicted octanol–water partition coefficient (Wildman–Crippen LogP) is 4.77. The number of rotatable bonds is 4. The zero-order valence-corrected chi connectivity index (χ0v) is 14.8. The Morgan fingerprint density at radius 1 is 1.38 bits per heavy atom. The highest BCUT2D eigenvalue weighted by Gasteiger charge is 2.31. The van der Waals surface area contributed by atoms with E-state index in [1.165, 1.54) is 0 Å². The van der Waals surface area contributed by atoms with Crippen LogP contribution < -0.4 is 0 Å². The molecule has 0 spiro atoms. The van der Waals surface area contributed by atoms with Crippen molar-refractivity contribution in [3.8, 4) is 6.07 Å². The molecule has 2 aromatic heterocycles. The number of hydrogen-bond acceptors (Lipinski definition) is 6. The van der Waals surface area contributed by atoms with Crippen LogP contribution in [0.15, 0.2) is 28.5 Å². The number of alkyl halides is 3. The van der Waals surface area contributed by atoms with E-state index < -0.39 is 11.7 Å². The summed E-state index contributed by atoms with van der Waals surface area (Å²) in [6.07, 6.45) is -0.296. The maximum atomic E-state index is 12.6. The largest absolute Gasteiger partial charge is 0.417 e. The second-order valence-corrected chi connectivity index (χ2v) is 6.92. The first-order valence-corrected chi connectivity index (χ1v) is 8.34. The molecule has 0 bridgehead atoms. The molecular formula is C14H10ClF3N4S2. The molecule has 0 saturated carbocycles. The van der Waals surface area contributed by atoms with Crippen LogP contribution >= 0.6 is 34.9 Å². The van der Waals surface area contributed by atoms with Gasteiger partial charge in [-0.25, -0.2) is 4.98 Å². The molecule has 0 aromatic carbocycles. The first kappa shape index (κ1) is 18.6. The van der Waals surface area contributed by atoms with Gasteiger partial charge in [0, 0.05) is 26.5 Å². The second-order valence-electron chi connectivity index (χ2n) is 4.73. The molecule has 0 aliphatic heterocycles. The predicted molar refractivity (Wildman–Crippen MR) is 87.9 cm³/mol. The van der Waals surface area contributed by atoms with E-state index in [1.54, 1.807) is 12.3 Å². The molecule has 2 rings (SSSR count). The van der Waals surface area contributed by atoms with Crippen LogP contribution in [-0.2, 0) is 6.18 Å². The quantitative estimate of drug-likeness (QED) is 0.753. The fourth-order valence-corrected chi connectivity index (χ4v) is 3.48. The highest BCUT2D eigenvalue weighted by molar-refractivity contribution is 7.99. The summed E-state index contributed by atoms with van der Waals surface area (Å²) in [5.74, 6) is 0. The number of nitriles is 1. The van der Waals surface area contributed by atoms with Gasteiger partial charge in [0.2, 0.25) is 0 Å². The first-order chi connectivity index (χ1) is 11.2. The maximum absolute atomic E-state index is 12.6. The molecule has 2 aromatic rings. The molecule has 0 radical (unpaired) electrons. The summed E-state index contributed by atoms with van der Waals surface area (Å²) < 4.78 is 42.0. The smallest absolute Gasteiger partial charge is 0.383 e. The number of pyridine rings is 1. The third kappa shape index (κ3) is 4.41. The SMILES string of the molecule is CN(C)/C=C/c1snc(Sc2ncc(C(F)(F)F)cc2Cl)c1C#N. The van der Waals surface area contributed by atoms with Gasteiger partial charge in [0.1, 0.15) is 21.7 Å². The summed E-state index contributed by atoms with van der Waals surface area (Å²) in [5.41, 5.74) is -0.592. The molecule has 0 aliphatic carbocycles. The average molecular weight is 391 g/mol. The van der Waals surface area contributed by atoms with Crippen molar-refractivity contribution in [2.75, 3.05) is 14.1 Å². The maximum Gasteiger partial charge on any atom is 0.417 e. The summed E-state index contributed by atoms with van der Waals surface area (Å²) >= 11 is 7.96.